The lowest BCUT2D eigenvalue weighted by Gasteiger charge is -2.40. The van der Waals surface area contributed by atoms with Gasteiger partial charge in [0.05, 0.1) is 26.0 Å². The van der Waals surface area contributed by atoms with Crippen LogP contribution in [-0.4, -0.2) is 54.8 Å². The van der Waals surface area contributed by atoms with Gasteiger partial charge in [0.2, 0.25) is 0 Å². The molecular weight excluding hydrogens is 402 g/mol. The Balaban J connectivity index is 2.16. The van der Waals surface area contributed by atoms with Crippen LogP contribution in [0.25, 0.3) is 11.3 Å². The fraction of sp³-hybridized carbons (Fsp3) is 0.478. The Hall–Kier alpha value is -2.84. The summed E-state index contributed by atoms with van der Waals surface area (Å²) in [5, 5.41) is 19.4. The third-order valence-electron chi connectivity index (χ3n) is 5.78. The lowest BCUT2D eigenvalue weighted by atomic mass is 9.78. The molecule has 0 radical (unpaired) electrons. The van der Waals surface area contributed by atoms with Crippen molar-refractivity contribution in [3.63, 3.8) is 0 Å². The number of hydrogen-bond donors (Lipinski definition) is 2. The fourth-order valence-corrected chi connectivity index (χ4v) is 3.92. The van der Waals surface area contributed by atoms with Gasteiger partial charge in [0.25, 0.3) is 0 Å². The molecule has 31 heavy (non-hydrogen) atoms. The summed E-state index contributed by atoms with van der Waals surface area (Å²) in [5.41, 5.74) is 0.891. The number of aliphatic hydroxyl groups excluding tert-OH is 1. The number of rotatable bonds is 9. The second-order valence-corrected chi connectivity index (χ2v) is 8.37. The smallest absolute Gasteiger partial charge is 0.341 e. The minimum atomic E-state index is -1.27. The van der Waals surface area contributed by atoms with E-state index in [0.717, 1.165) is 17.5 Å². The maximum atomic E-state index is 12.5. The molecule has 8 heteroatoms. The summed E-state index contributed by atoms with van der Waals surface area (Å²) in [6.07, 6.45) is 2.65. The molecule has 1 aromatic heterocycles. The first-order chi connectivity index (χ1) is 14.7. The maximum Gasteiger partial charge on any atom is 0.341 e. The SMILES string of the molecule is COCCCOc1cc2c(cc1OC)-c1cc(=O)c(C(=O)O)cn1[C@@H](C(C)(C)CO)C2. The topological polar surface area (TPSA) is 107 Å². The van der Waals surface area contributed by atoms with Crippen molar-refractivity contribution in [3.8, 4) is 22.8 Å². The van der Waals surface area contributed by atoms with Crippen molar-refractivity contribution in [1.82, 2.24) is 4.57 Å². The molecule has 2 N–H and O–H groups in total. The van der Waals surface area contributed by atoms with E-state index in [1.165, 1.54) is 12.3 Å². The van der Waals surface area contributed by atoms with Crippen molar-refractivity contribution in [3.05, 3.63) is 45.7 Å². The number of carboxylic acid groups (broad SMARTS) is 1. The van der Waals surface area contributed by atoms with Crippen LogP contribution in [0, 0.1) is 5.41 Å². The first kappa shape index (κ1) is 22.8. The highest BCUT2D eigenvalue weighted by atomic mass is 16.5. The minimum absolute atomic E-state index is 0.0997. The van der Waals surface area contributed by atoms with E-state index >= 15 is 0 Å². The summed E-state index contributed by atoms with van der Waals surface area (Å²) in [4.78, 5) is 24.0. The van der Waals surface area contributed by atoms with Gasteiger partial charge in [-0.2, -0.15) is 0 Å². The van der Waals surface area contributed by atoms with Gasteiger partial charge in [-0.25, -0.2) is 4.79 Å². The van der Waals surface area contributed by atoms with Gasteiger partial charge in [-0.3, -0.25) is 4.79 Å². The zero-order valence-electron chi connectivity index (χ0n) is 18.3. The normalized spacial score (nSPS) is 15.2. The van der Waals surface area contributed by atoms with Crippen LogP contribution in [0.3, 0.4) is 0 Å². The van der Waals surface area contributed by atoms with E-state index < -0.39 is 16.8 Å². The summed E-state index contributed by atoms with van der Waals surface area (Å²) in [5.74, 6) is -0.155. The van der Waals surface area contributed by atoms with E-state index in [1.807, 2.05) is 26.0 Å². The van der Waals surface area contributed by atoms with E-state index in [4.69, 9.17) is 14.2 Å². The van der Waals surface area contributed by atoms with Crippen LogP contribution < -0.4 is 14.9 Å². The molecule has 0 unspecified atom stereocenters. The number of benzene rings is 1. The van der Waals surface area contributed by atoms with E-state index in [-0.39, 0.29) is 18.2 Å². The second-order valence-electron chi connectivity index (χ2n) is 8.37. The number of nitrogens with zero attached hydrogens (tertiary/aromatic N) is 1. The largest absolute Gasteiger partial charge is 0.493 e. The lowest BCUT2D eigenvalue weighted by Crippen LogP contribution is -2.36. The monoisotopic (exact) mass is 431 g/mol. The highest BCUT2D eigenvalue weighted by Crippen LogP contribution is 2.45. The Morgan fingerprint density at radius 3 is 2.55 bits per heavy atom. The van der Waals surface area contributed by atoms with Gasteiger partial charge in [0.1, 0.15) is 5.56 Å². The molecule has 0 saturated heterocycles. The molecule has 2 aromatic rings. The Labute approximate surface area is 181 Å². The zero-order valence-corrected chi connectivity index (χ0v) is 18.3. The van der Waals surface area contributed by atoms with Gasteiger partial charge in [-0.15, -0.1) is 0 Å². The Morgan fingerprint density at radius 1 is 1.19 bits per heavy atom. The molecule has 1 atom stereocenters. The quantitative estimate of drug-likeness (QED) is 0.588. The molecule has 168 valence electrons. The average molecular weight is 431 g/mol. The number of fused-ring (bicyclic) bond motifs is 3. The molecule has 8 nitrogen and oxygen atoms in total. The minimum Gasteiger partial charge on any atom is -0.493 e. The fourth-order valence-electron chi connectivity index (χ4n) is 3.92. The number of carboxylic acids is 1. The molecule has 0 bridgehead atoms. The number of pyridine rings is 1. The number of carbonyl (C=O) groups is 1. The number of aliphatic hydroxyl groups is 1. The summed E-state index contributed by atoms with van der Waals surface area (Å²) < 4.78 is 18.3. The molecule has 3 rings (SSSR count). The van der Waals surface area contributed by atoms with Crippen molar-refractivity contribution < 1.29 is 29.2 Å². The molecular formula is C23H29NO7. The third kappa shape index (κ3) is 4.45. The highest BCUT2D eigenvalue weighted by molar-refractivity contribution is 5.88. The average Bonchev–Trinajstić information content (AvgIpc) is 2.74. The van der Waals surface area contributed by atoms with Crippen molar-refractivity contribution in [2.75, 3.05) is 34.0 Å². The van der Waals surface area contributed by atoms with Crippen LogP contribution in [-0.2, 0) is 11.2 Å². The predicted octanol–water partition coefficient (Wildman–Crippen LogP) is 2.75. The van der Waals surface area contributed by atoms with Crippen molar-refractivity contribution in [1.29, 1.82) is 0 Å². The number of aromatic carboxylic acids is 1. The first-order valence-corrected chi connectivity index (χ1v) is 10.2. The lowest BCUT2D eigenvalue weighted by molar-refractivity contribution is 0.0691. The first-order valence-electron chi connectivity index (χ1n) is 10.2. The van der Waals surface area contributed by atoms with E-state index in [1.54, 1.807) is 18.8 Å². The van der Waals surface area contributed by atoms with Gasteiger partial charge in [0.15, 0.2) is 16.9 Å². The second kappa shape index (κ2) is 9.11. The molecule has 1 aliphatic rings. The third-order valence-corrected chi connectivity index (χ3v) is 5.78. The molecule has 0 amide bonds. The number of methoxy groups -OCH3 is 2. The number of ether oxygens (including phenoxy) is 3. The molecule has 1 aliphatic heterocycles. The van der Waals surface area contributed by atoms with E-state index in [9.17, 15) is 19.8 Å². The van der Waals surface area contributed by atoms with Gasteiger partial charge >= 0.3 is 5.97 Å². The van der Waals surface area contributed by atoms with Crippen molar-refractivity contribution in [2.24, 2.45) is 5.41 Å². The Kier molecular flexibility index (Phi) is 6.71. The summed E-state index contributed by atoms with van der Waals surface area (Å²) in [6.45, 7) is 4.78. The van der Waals surface area contributed by atoms with Crippen LogP contribution in [0.5, 0.6) is 11.5 Å². The Morgan fingerprint density at radius 2 is 1.94 bits per heavy atom. The molecule has 0 spiro atoms. The molecule has 0 aliphatic carbocycles. The zero-order chi connectivity index (χ0) is 22.8. The van der Waals surface area contributed by atoms with Crippen molar-refractivity contribution in [2.45, 2.75) is 32.7 Å². The highest BCUT2D eigenvalue weighted by Gasteiger charge is 2.36. The maximum absolute atomic E-state index is 12.5. The van der Waals surface area contributed by atoms with Gasteiger partial charge < -0.3 is 29.0 Å². The van der Waals surface area contributed by atoms with Gasteiger partial charge in [-0.05, 0) is 24.1 Å². The number of hydrogen-bond acceptors (Lipinski definition) is 6. The van der Waals surface area contributed by atoms with E-state index in [0.29, 0.717) is 36.8 Å². The van der Waals surface area contributed by atoms with Crippen LogP contribution in [0.4, 0.5) is 0 Å². The molecule has 2 heterocycles. The number of aromatic nitrogens is 1. The van der Waals surface area contributed by atoms with Crippen LogP contribution in [0.15, 0.2) is 29.2 Å². The summed E-state index contributed by atoms with van der Waals surface area (Å²) >= 11 is 0. The molecule has 1 aromatic carbocycles. The Bertz CT molecular complexity index is 1030. The van der Waals surface area contributed by atoms with Crippen LogP contribution >= 0.6 is 0 Å². The molecule has 0 fully saturated rings. The summed E-state index contributed by atoms with van der Waals surface area (Å²) in [7, 11) is 3.18. The van der Waals surface area contributed by atoms with Gasteiger partial charge in [-0.1, -0.05) is 13.8 Å². The van der Waals surface area contributed by atoms with Gasteiger partial charge in [0, 0.05) is 49.4 Å². The summed E-state index contributed by atoms with van der Waals surface area (Å²) in [6, 6.07) is 4.81. The van der Waals surface area contributed by atoms with Crippen molar-refractivity contribution >= 4 is 5.97 Å². The standard InChI is InChI=1S/C23H29NO7/c1-23(2,13-25)21-9-14-8-20(31-7-5-6-29-3)19(30-4)10-15(14)17-11-18(26)16(22(27)28)12-24(17)21/h8,10-12,21,25H,5-7,9,13H2,1-4H3,(H,27,28)/t21-/m1/s1. The van der Waals surface area contributed by atoms with E-state index in [2.05, 4.69) is 0 Å². The molecule has 0 saturated carbocycles. The van der Waals surface area contributed by atoms with Crippen LogP contribution in [0.2, 0.25) is 0 Å². The predicted molar refractivity (Wildman–Crippen MR) is 115 cm³/mol. The van der Waals surface area contributed by atoms with Crippen LogP contribution in [0.1, 0.15) is 42.2 Å².